The van der Waals surface area contributed by atoms with Crippen molar-refractivity contribution in [2.45, 2.75) is 19.5 Å². The lowest BCUT2D eigenvalue weighted by Gasteiger charge is -2.13. The molecule has 0 amide bonds. The third-order valence-corrected chi connectivity index (χ3v) is 3.72. The second kappa shape index (κ2) is 5.21. The molecule has 0 saturated carbocycles. The van der Waals surface area contributed by atoms with Crippen LogP contribution in [-0.4, -0.2) is 10.2 Å². The molecule has 0 bridgehead atoms. The average molecular weight is 249 g/mol. The van der Waals surface area contributed by atoms with Gasteiger partial charge in [0.2, 0.25) is 0 Å². The molecular weight excluding hydrogens is 234 g/mol. The molecule has 0 spiro atoms. The van der Waals surface area contributed by atoms with Crippen LogP contribution in [0.3, 0.4) is 0 Å². The van der Waals surface area contributed by atoms with Crippen molar-refractivity contribution in [1.82, 2.24) is 5.32 Å². The van der Waals surface area contributed by atoms with E-state index < -0.39 is 0 Å². The van der Waals surface area contributed by atoms with Gasteiger partial charge in [-0.1, -0.05) is 18.2 Å². The summed E-state index contributed by atoms with van der Waals surface area (Å²) in [5.74, 6) is -0.119. The van der Waals surface area contributed by atoms with Gasteiger partial charge in [0.1, 0.15) is 0 Å². The maximum Gasteiger partial charge on any atom is 0.161 e. The van der Waals surface area contributed by atoms with Gasteiger partial charge in [0.15, 0.2) is 11.5 Å². The van der Waals surface area contributed by atoms with Gasteiger partial charge in [-0.2, -0.15) is 0 Å². The molecule has 2 aromatic rings. The van der Waals surface area contributed by atoms with E-state index in [1.165, 1.54) is 10.9 Å². The number of hydrogen-bond donors (Lipinski definition) is 3. The molecule has 1 unspecified atom stereocenters. The highest BCUT2D eigenvalue weighted by Gasteiger charge is 2.09. The predicted octanol–water partition coefficient (Wildman–Crippen LogP) is 3.01. The molecule has 1 heterocycles. The minimum Gasteiger partial charge on any atom is -0.504 e. The molecule has 0 aliphatic carbocycles. The Balaban J connectivity index is 2.00. The van der Waals surface area contributed by atoms with Crippen LogP contribution in [0.15, 0.2) is 35.7 Å². The van der Waals surface area contributed by atoms with Gasteiger partial charge >= 0.3 is 0 Å². The van der Waals surface area contributed by atoms with Crippen molar-refractivity contribution in [1.29, 1.82) is 0 Å². The van der Waals surface area contributed by atoms with Gasteiger partial charge in [-0.25, -0.2) is 0 Å². The smallest absolute Gasteiger partial charge is 0.161 e. The molecule has 0 aliphatic rings. The fraction of sp³-hybridized carbons (Fsp3) is 0.231. The van der Waals surface area contributed by atoms with Gasteiger partial charge in [0.05, 0.1) is 0 Å². The molecule has 1 atom stereocenters. The minimum atomic E-state index is -0.0759. The lowest BCUT2D eigenvalue weighted by molar-refractivity contribution is 0.396. The zero-order valence-corrected chi connectivity index (χ0v) is 10.4. The third kappa shape index (κ3) is 2.78. The molecule has 17 heavy (non-hydrogen) atoms. The lowest BCUT2D eigenvalue weighted by Crippen LogP contribution is -2.17. The minimum absolute atomic E-state index is 0.0432. The van der Waals surface area contributed by atoms with Crippen molar-refractivity contribution in [3.63, 3.8) is 0 Å². The molecule has 3 nitrogen and oxygen atoms in total. The van der Waals surface area contributed by atoms with E-state index in [1.807, 2.05) is 11.4 Å². The molecule has 1 aromatic heterocycles. The Labute approximate surface area is 104 Å². The van der Waals surface area contributed by atoms with Crippen molar-refractivity contribution in [3.05, 3.63) is 46.2 Å². The number of rotatable bonds is 4. The summed E-state index contributed by atoms with van der Waals surface area (Å²) in [6, 6.07) is 9.32. The van der Waals surface area contributed by atoms with Crippen LogP contribution in [0.2, 0.25) is 0 Å². The van der Waals surface area contributed by atoms with Gasteiger partial charge < -0.3 is 15.5 Å². The highest BCUT2D eigenvalue weighted by Crippen LogP contribution is 2.28. The van der Waals surface area contributed by atoms with E-state index in [0.29, 0.717) is 12.1 Å². The monoisotopic (exact) mass is 249 g/mol. The summed E-state index contributed by atoms with van der Waals surface area (Å²) in [5.41, 5.74) is 0.702. The number of benzene rings is 1. The third-order valence-electron chi connectivity index (χ3n) is 2.67. The van der Waals surface area contributed by atoms with Gasteiger partial charge in [-0.05, 0) is 24.4 Å². The van der Waals surface area contributed by atoms with E-state index in [-0.39, 0.29) is 17.5 Å². The van der Waals surface area contributed by atoms with E-state index >= 15 is 0 Å². The van der Waals surface area contributed by atoms with Crippen LogP contribution in [0.25, 0.3) is 0 Å². The van der Waals surface area contributed by atoms with Gasteiger partial charge in [0, 0.05) is 23.0 Å². The van der Waals surface area contributed by atoms with Crippen LogP contribution >= 0.6 is 11.3 Å². The van der Waals surface area contributed by atoms with Crippen molar-refractivity contribution in [3.8, 4) is 11.5 Å². The standard InChI is InChI=1S/C13H15NO2S/c1-9(12-6-3-7-17-12)14-8-10-4-2-5-11(15)13(10)16/h2-7,9,14-16H,8H2,1H3. The van der Waals surface area contributed by atoms with Crippen molar-refractivity contribution in [2.75, 3.05) is 0 Å². The fourth-order valence-corrected chi connectivity index (χ4v) is 2.38. The number of hydrogen-bond acceptors (Lipinski definition) is 4. The van der Waals surface area contributed by atoms with Crippen LogP contribution in [0, 0.1) is 0 Å². The summed E-state index contributed by atoms with van der Waals surface area (Å²) in [4.78, 5) is 1.25. The number of phenols is 2. The molecule has 1 aromatic carbocycles. The first kappa shape index (κ1) is 12.0. The first-order valence-corrected chi connectivity index (χ1v) is 6.33. The zero-order valence-electron chi connectivity index (χ0n) is 9.55. The maximum absolute atomic E-state index is 9.65. The number of aromatic hydroxyl groups is 2. The molecular formula is C13H15NO2S. The Morgan fingerprint density at radius 3 is 2.76 bits per heavy atom. The first-order chi connectivity index (χ1) is 8.18. The summed E-state index contributed by atoms with van der Waals surface area (Å²) in [6.45, 7) is 2.60. The van der Waals surface area contributed by atoms with Crippen LogP contribution < -0.4 is 5.32 Å². The molecule has 0 fully saturated rings. The predicted molar refractivity (Wildman–Crippen MR) is 69.3 cm³/mol. The highest BCUT2D eigenvalue weighted by atomic mass is 32.1. The molecule has 2 rings (SSSR count). The van der Waals surface area contributed by atoms with E-state index in [9.17, 15) is 10.2 Å². The zero-order chi connectivity index (χ0) is 12.3. The van der Waals surface area contributed by atoms with Crippen LogP contribution in [0.1, 0.15) is 23.4 Å². The van der Waals surface area contributed by atoms with Crippen LogP contribution in [0.4, 0.5) is 0 Å². The summed E-state index contributed by atoms with van der Waals surface area (Å²) < 4.78 is 0. The topological polar surface area (TPSA) is 52.5 Å². The summed E-state index contributed by atoms with van der Waals surface area (Å²) in [7, 11) is 0. The Morgan fingerprint density at radius 1 is 1.24 bits per heavy atom. The Bertz CT molecular complexity index is 482. The van der Waals surface area contributed by atoms with E-state index in [1.54, 1.807) is 23.5 Å². The van der Waals surface area contributed by atoms with E-state index in [4.69, 9.17) is 0 Å². The molecule has 0 saturated heterocycles. The lowest BCUT2D eigenvalue weighted by atomic mass is 10.1. The first-order valence-electron chi connectivity index (χ1n) is 5.45. The summed E-state index contributed by atoms with van der Waals surface area (Å²) in [6.07, 6.45) is 0. The fourth-order valence-electron chi connectivity index (χ4n) is 1.62. The second-order valence-electron chi connectivity index (χ2n) is 3.90. The van der Waals surface area contributed by atoms with Gasteiger partial charge in [-0.15, -0.1) is 11.3 Å². The van der Waals surface area contributed by atoms with Gasteiger partial charge in [-0.3, -0.25) is 0 Å². The van der Waals surface area contributed by atoms with Crippen LogP contribution in [-0.2, 0) is 6.54 Å². The van der Waals surface area contributed by atoms with E-state index in [2.05, 4.69) is 18.3 Å². The quantitative estimate of drug-likeness (QED) is 0.730. The largest absolute Gasteiger partial charge is 0.504 e. The normalized spacial score (nSPS) is 12.5. The number of phenolic OH excluding ortho intramolecular Hbond substituents is 2. The summed E-state index contributed by atoms with van der Waals surface area (Å²) >= 11 is 1.70. The van der Waals surface area contributed by atoms with Crippen molar-refractivity contribution in [2.24, 2.45) is 0 Å². The molecule has 4 heteroatoms. The average Bonchev–Trinajstić information content (AvgIpc) is 2.84. The van der Waals surface area contributed by atoms with Crippen molar-refractivity contribution < 1.29 is 10.2 Å². The number of nitrogens with one attached hydrogen (secondary N) is 1. The SMILES string of the molecule is CC(NCc1cccc(O)c1O)c1cccs1. The number of thiophene rings is 1. The molecule has 3 N–H and O–H groups in total. The van der Waals surface area contributed by atoms with Gasteiger partial charge in [0.25, 0.3) is 0 Å². The van der Waals surface area contributed by atoms with E-state index in [0.717, 1.165) is 0 Å². The Hall–Kier alpha value is -1.52. The highest BCUT2D eigenvalue weighted by molar-refractivity contribution is 7.10. The van der Waals surface area contributed by atoms with Crippen LogP contribution in [0.5, 0.6) is 11.5 Å². The Morgan fingerprint density at radius 2 is 2.06 bits per heavy atom. The summed E-state index contributed by atoms with van der Waals surface area (Å²) in [5, 5.41) is 24.4. The molecule has 0 radical (unpaired) electrons. The second-order valence-corrected chi connectivity index (χ2v) is 4.88. The van der Waals surface area contributed by atoms with Crippen molar-refractivity contribution >= 4 is 11.3 Å². The number of para-hydroxylation sites is 1. The molecule has 0 aliphatic heterocycles. The maximum atomic E-state index is 9.65. The molecule has 90 valence electrons. The Kier molecular flexibility index (Phi) is 3.66.